The molecule has 4 N–H and O–H groups in total. The Morgan fingerprint density at radius 3 is 1.50 bits per heavy atom. The van der Waals surface area contributed by atoms with Crippen LogP contribution in [0.25, 0.3) is 0 Å². The van der Waals surface area contributed by atoms with Gasteiger partial charge in [0.25, 0.3) is 0 Å². The predicted octanol–water partition coefficient (Wildman–Crippen LogP) is 2.51. The molecule has 5 nitrogen and oxygen atoms in total. The van der Waals surface area contributed by atoms with Gasteiger partial charge in [0.05, 0.1) is 0 Å². The fourth-order valence-electron chi connectivity index (χ4n) is 1.12. The molecular formula is C12H22BrF2NO4. The van der Waals surface area contributed by atoms with E-state index < -0.39 is 34.1 Å². The minimum atomic E-state index is -1.50. The zero-order chi connectivity index (χ0) is 16.7. The molecular weight excluding hydrogens is 340 g/mol. The van der Waals surface area contributed by atoms with Crippen LogP contribution in [0, 0.1) is 0 Å². The van der Waals surface area contributed by atoms with Crippen LogP contribution in [0.5, 0.6) is 0 Å². The summed E-state index contributed by atoms with van der Waals surface area (Å²) in [4.78, 5) is 19.5. The molecule has 20 heavy (non-hydrogen) atoms. The Kier molecular flexibility index (Phi) is 9.16. The summed E-state index contributed by atoms with van der Waals surface area (Å²) in [6.07, 6.45) is -0.162. The van der Waals surface area contributed by atoms with Gasteiger partial charge in [0.15, 0.2) is 0 Å². The van der Waals surface area contributed by atoms with Crippen molar-refractivity contribution < 1.29 is 28.6 Å². The van der Waals surface area contributed by atoms with Crippen LogP contribution in [0.2, 0.25) is 0 Å². The van der Waals surface area contributed by atoms with Gasteiger partial charge in [-0.25, -0.2) is 8.78 Å². The number of alkyl halides is 3. The van der Waals surface area contributed by atoms with Crippen LogP contribution < -0.4 is 5.73 Å². The van der Waals surface area contributed by atoms with E-state index in [4.69, 9.17) is 15.9 Å². The molecule has 2 atom stereocenters. The van der Waals surface area contributed by atoms with Crippen molar-refractivity contribution in [2.75, 3.05) is 0 Å². The van der Waals surface area contributed by atoms with E-state index in [-0.39, 0.29) is 12.8 Å². The number of hydrogen-bond acceptors (Lipinski definition) is 3. The van der Waals surface area contributed by atoms with Crippen LogP contribution >= 0.6 is 15.9 Å². The van der Waals surface area contributed by atoms with Gasteiger partial charge in [-0.15, -0.1) is 0 Å². The second kappa shape index (κ2) is 8.51. The summed E-state index contributed by atoms with van der Waals surface area (Å²) in [7, 11) is 0. The summed E-state index contributed by atoms with van der Waals surface area (Å²) in [6, 6.07) is -1.10. The van der Waals surface area contributed by atoms with E-state index in [9.17, 15) is 18.4 Å². The lowest BCUT2D eigenvalue weighted by Gasteiger charge is -2.15. The molecule has 0 aromatic carbocycles. The number of nitrogens with two attached hydrogens (primary N) is 1. The van der Waals surface area contributed by atoms with Gasteiger partial charge in [-0.1, -0.05) is 15.9 Å². The molecule has 0 aromatic rings. The fourth-order valence-corrected chi connectivity index (χ4v) is 1.89. The van der Waals surface area contributed by atoms with Crippen LogP contribution in [-0.4, -0.2) is 44.4 Å². The molecule has 0 radical (unpaired) electrons. The van der Waals surface area contributed by atoms with E-state index in [1.54, 1.807) is 0 Å². The minimum Gasteiger partial charge on any atom is -0.480 e. The van der Waals surface area contributed by atoms with Crippen LogP contribution in [0.15, 0.2) is 0 Å². The molecule has 0 aliphatic rings. The molecule has 0 amide bonds. The maximum atomic E-state index is 12.7. The average Bonchev–Trinajstić information content (AvgIpc) is 2.12. The lowest BCUT2D eigenvalue weighted by atomic mass is 10.0. The van der Waals surface area contributed by atoms with Gasteiger partial charge in [0.1, 0.15) is 22.2 Å². The first-order chi connectivity index (χ1) is 8.65. The molecule has 0 aliphatic carbocycles. The molecule has 0 aromatic heterocycles. The topological polar surface area (TPSA) is 101 Å². The Morgan fingerprint density at radius 1 is 1.05 bits per heavy atom. The smallest absolute Gasteiger partial charge is 0.320 e. The van der Waals surface area contributed by atoms with Crippen molar-refractivity contribution in [3.8, 4) is 0 Å². The summed E-state index contributed by atoms with van der Waals surface area (Å²) in [6.45, 7) is 5.31. The molecule has 0 aliphatic heterocycles. The minimum absolute atomic E-state index is 0.0116. The van der Waals surface area contributed by atoms with Crippen LogP contribution in [0.3, 0.4) is 0 Å². The van der Waals surface area contributed by atoms with E-state index >= 15 is 0 Å². The lowest BCUT2D eigenvalue weighted by Crippen LogP contribution is -2.35. The van der Waals surface area contributed by atoms with Gasteiger partial charge in [-0.3, -0.25) is 9.59 Å². The quantitative estimate of drug-likeness (QED) is 0.631. The highest BCUT2D eigenvalue weighted by atomic mass is 79.9. The second-order valence-electron chi connectivity index (χ2n) is 5.60. The van der Waals surface area contributed by atoms with Crippen molar-refractivity contribution in [1.29, 1.82) is 0 Å². The number of aliphatic carboxylic acids is 2. The number of rotatable bonds is 6. The zero-order valence-corrected chi connectivity index (χ0v) is 13.6. The number of carboxylic acids is 2. The highest BCUT2D eigenvalue weighted by molar-refractivity contribution is 9.10. The highest BCUT2D eigenvalue weighted by Gasteiger charge is 2.25. The van der Waals surface area contributed by atoms with E-state index in [2.05, 4.69) is 15.9 Å². The summed E-state index contributed by atoms with van der Waals surface area (Å²) in [5.74, 6) is -2.18. The van der Waals surface area contributed by atoms with Crippen molar-refractivity contribution in [2.45, 2.75) is 62.7 Å². The maximum absolute atomic E-state index is 12.7. The Bertz CT molecular complexity index is 294. The number of carbonyl (C=O) groups is 2. The first-order valence-electron chi connectivity index (χ1n) is 5.89. The number of hydrogen-bond donors (Lipinski definition) is 3. The normalized spacial score (nSPS) is 14.8. The third-order valence-electron chi connectivity index (χ3n) is 1.96. The molecule has 0 fully saturated rings. The second-order valence-corrected chi connectivity index (χ2v) is 6.70. The monoisotopic (exact) mass is 361 g/mol. The van der Waals surface area contributed by atoms with E-state index in [0.29, 0.717) is 0 Å². The molecule has 0 heterocycles. The van der Waals surface area contributed by atoms with E-state index in [0.717, 1.165) is 0 Å². The van der Waals surface area contributed by atoms with Gasteiger partial charge in [0.2, 0.25) is 0 Å². The van der Waals surface area contributed by atoms with Gasteiger partial charge >= 0.3 is 11.9 Å². The molecule has 0 bridgehead atoms. The number of halogens is 3. The first-order valence-corrected chi connectivity index (χ1v) is 6.80. The van der Waals surface area contributed by atoms with E-state index in [1.807, 2.05) is 0 Å². The SMILES string of the molecule is CC(C)(F)CC(Br)C(=O)O.CC(C)(F)CC(N)C(=O)O. The summed E-state index contributed by atoms with van der Waals surface area (Å²) in [5, 5.41) is 16.6. The maximum Gasteiger partial charge on any atom is 0.320 e. The number of carboxylic acid groups (broad SMARTS) is 2. The molecule has 0 spiro atoms. The summed E-state index contributed by atoms with van der Waals surface area (Å²) >= 11 is 2.84. The molecule has 120 valence electrons. The highest BCUT2D eigenvalue weighted by Crippen LogP contribution is 2.20. The largest absolute Gasteiger partial charge is 0.480 e. The van der Waals surface area contributed by atoms with Crippen molar-refractivity contribution in [2.24, 2.45) is 5.73 Å². The van der Waals surface area contributed by atoms with Gasteiger partial charge in [0, 0.05) is 12.8 Å². The Labute approximate surface area is 125 Å². The predicted molar refractivity (Wildman–Crippen MR) is 75.6 cm³/mol. The average molecular weight is 362 g/mol. The van der Waals surface area contributed by atoms with Crippen LogP contribution in [0.1, 0.15) is 40.5 Å². The van der Waals surface area contributed by atoms with Gasteiger partial charge < -0.3 is 15.9 Å². The zero-order valence-electron chi connectivity index (χ0n) is 12.0. The van der Waals surface area contributed by atoms with Crippen molar-refractivity contribution in [3.63, 3.8) is 0 Å². The Hall–Kier alpha value is -0.760. The van der Waals surface area contributed by atoms with Crippen molar-refractivity contribution >= 4 is 27.9 Å². The Balaban J connectivity index is 0. The summed E-state index contributed by atoms with van der Waals surface area (Å²) < 4.78 is 25.4. The third kappa shape index (κ3) is 15.3. The van der Waals surface area contributed by atoms with Gasteiger partial charge in [-0.05, 0) is 27.7 Å². The fraction of sp³-hybridized carbons (Fsp3) is 0.833. The van der Waals surface area contributed by atoms with Crippen molar-refractivity contribution in [3.05, 3.63) is 0 Å². The van der Waals surface area contributed by atoms with Gasteiger partial charge in [-0.2, -0.15) is 0 Å². The lowest BCUT2D eigenvalue weighted by molar-refractivity contribution is -0.139. The standard InChI is InChI=1S/C6H10BrFO2.C6H12FNO2/c1-6(2,8)3-4(7)5(9)10;1-6(2,7)3-4(8)5(9)10/h4H,3H2,1-2H3,(H,9,10);4H,3,8H2,1-2H3,(H,9,10). The van der Waals surface area contributed by atoms with Crippen molar-refractivity contribution in [1.82, 2.24) is 0 Å². The van der Waals surface area contributed by atoms with Crippen LogP contribution in [-0.2, 0) is 9.59 Å². The molecule has 0 saturated carbocycles. The molecule has 0 saturated heterocycles. The first kappa shape index (κ1) is 21.5. The third-order valence-corrected chi connectivity index (χ3v) is 2.67. The molecule has 8 heteroatoms. The molecule has 0 rings (SSSR count). The summed E-state index contributed by atoms with van der Waals surface area (Å²) in [5.41, 5.74) is 2.14. The Morgan fingerprint density at radius 2 is 1.40 bits per heavy atom. The molecule has 2 unspecified atom stereocenters. The van der Waals surface area contributed by atoms with Crippen LogP contribution in [0.4, 0.5) is 8.78 Å². The van der Waals surface area contributed by atoms with E-state index in [1.165, 1.54) is 27.7 Å².